The van der Waals surface area contributed by atoms with Gasteiger partial charge >= 0.3 is 0 Å². The van der Waals surface area contributed by atoms with E-state index < -0.39 is 0 Å². The molecule has 2 rings (SSSR count). The average Bonchev–Trinajstić information content (AvgIpc) is 2.75. The molecule has 2 atom stereocenters. The van der Waals surface area contributed by atoms with Gasteiger partial charge in [-0.05, 0) is 50.2 Å². The molecular formula is C12H24N2. The van der Waals surface area contributed by atoms with E-state index in [9.17, 15) is 0 Å². The Morgan fingerprint density at radius 1 is 1.36 bits per heavy atom. The minimum absolute atomic E-state index is 0.877. The maximum atomic E-state index is 3.45. The predicted molar refractivity (Wildman–Crippen MR) is 60.4 cm³/mol. The Morgan fingerprint density at radius 2 is 2.21 bits per heavy atom. The minimum Gasteiger partial charge on any atom is -0.316 e. The molecule has 0 amide bonds. The van der Waals surface area contributed by atoms with Gasteiger partial charge in [0.2, 0.25) is 0 Å². The lowest BCUT2D eigenvalue weighted by molar-refractivity contribution is 0.265. The van der Waals surface area contributed by atoms with E-state index in [2.05, 4.69) is 24.1 Å². The molecule has 0 radical (unpaired) electrons. The molecule has 0 bridgehead atoms. The molecule has 2 heteroatoms. The SMILES string of the molecule is CC(C)C1CCN(C[C@H]2CCNC2)C1. The highest BCUT2D eigenvalue weighted by Gasteiger charge is 2.27. The zero-order chi connectivity index (χ0) is 9.97. The van der Waals surface area contributed by atoms with Crippen LogP contribution in [0.3, 0.4) is 0 Å². The second kappa shape index (κ2) is 4.63. The van der Waals surface area contributed by atoms with Crippen molar-refractivity contribution in [2.45, 2.75) is 26.7 Å². The number of likely N-dealkylation sites (tertiary alicyclic amines) is 1. The average molecular weight is 196 g/mol. The van der Waals surface area contributed by atoms with Crippen LogP contribution in [0.25, 0.3) is 0 Å². The van der Waals surface area contributed by atoms with Crippen LogP contribution in [0.4, 0.5) is 0 Å². The summed E-state index contributed by atoms with van der Waals surface area (Å²) in [5.74, 6) is 2.77. The highest BCUT2D eigenvalue weighted by atomic mass is 15.2. The van der Waals surface area contributed by atoms with Gasteiger partial charge in [0.15, 0.2) is 0 Å². The molecule has 1 unspecified atom stereocenters. The summed E-state index contributed by atoms with van der Waals surface area (Å²) in [4.78, 5) is 2.68. The molecule has 0 aromatic rings. The van der Waals surface area contributed by atoms with Crippen molar-refractivity contribution in [1.29, 1.82) is 0 Å². The van der Waals surface area contributed by atoms with Crippen molar-refractivity contribution in [3.8, 4) is 0 Å². The molecule has 82 valence electrons. The fourth-order valence-corrected chi connectivity index (χ4v) is 2.81. The predicted octanol–water partition coefficient (Wildman–Crippen LogP) is 1.57. The fourth-order valence-electron chi connectivity index (χ4n) is 2.81. The lowest BCUT2D eigenvalue weighted by atomic mass is 9.95. The van der Waals surface area contributed by atoms with Gasteiger partial charge in [0.25, 0.3) is 0 Å². The van der Waals surface area contributed by atoms with Crippen molar-refractivity contribution in [3.05, 3.63) is 0 Å². The summed E-state index contributed by atoms with van der Waals surface area (Å²) >= 11 is 0. The van der Waals surface area contributed by atoms with Gasteiger partial charge in [-0.1, -0.05) is 13.8 Å². The van der Waals surface area contributed by atoms with Crippen molar-refractivity contribution in [2.75, 3.05) is 32.7 Å². The molecule has 1 N–H and O–H groups in total. The van der Waals surface area contributed by atoms with Gasteiger partial charge in [-0.2, -0.15) is 0 Å². The molecule has 2 fully saturated rings. The van der Waals surface area contributed by atoms with Crippen LogP contribution in [0, 0.1) is 17.8 Å². The van der Waals surface area contributed by atoms with Crippen LogP contribution < -0.4 is 5.32 Å². The Bertz CT molecular complexity index is 173. The summed E-state index contributed by atoms with van der Waals surface area (Å²) in [5, 5.41) is 3.45. The second-order valence-electron chi connectivity index (χ2n) is 5.41. The Kier molecular flexibility index (Phi) is 3.45. The minimum atomic E-state index is 0.877. The molecule has 0 aliphatic carbocycles. The third-order valence-electron chi connectivity index (χ3n) is 3.93. The molecule has 0 aromatic carbocycles. The van der Waals surface area contributed by atoms with Crippen LogP contribution in [0.1, 0.15) is 26.7 Å². The summed E-state index contributed by atoms with van der Waals surface area (Å²) in [6.45, 7) is 11.3. The van der Waals surface area contributed by atoms with Gasteiger partial charge in [-0.3, -0.25) is 0 Å². The Balaban J connectivity index is 1.72. The molecule has 2 aliphatic heterocycles. The molecule has 0 aromatic heterocycles. The normalized spacial score (nSPS) is 34.5. The van der Waals surface area contributed by atoms with Crippen LogP contribution in [0.15, 0.2) is 0 Å². The van der Waals surface area contributed by atoms with E-state index in [-0.39, 0.29) is 0 Å². The highest BCUT2D eigenvalue weighted by molar-refractivity contribution is 4.81. The van der Waals surface area contributed by atoms with E-state index in [0.717, 1.165) is 17.8 Å². The zero-order valence-corrected chi connectivity index (χ0v) is 9.63. The van der Waals surface area contributed by atoms with Gasteiger partial charge in [0, 0.05) is 13.1 Å². The molecule has 2 heterocycles. The van der Waals surface area contributed by atoms with Crippen LogP contribution in [0.2, 0.25) is 0 Å². The molecule has 2 aliphatic rings. The first kappa shape index (κ1) is 10.4. The van der Waals surface area contributed by atoms with Crippen molar-refractivity contribution in [3.63, 3.8) is 0 Å². The van der Waals surface area contributed by atoms with E-state index in [4.69, 9.17) is 0 Å². The quantitative estimate of drug-likeness (QED) is 0.737. The van der Waals surface area contributed by atoms with Gasteiger partial charge in [-0.15, -0.1) is 0 Å². The third-order valence-corrected chi connectivity index (χ3v) is 3.93. The summed E-state index contributed by atoms with van der Waals surface area (Å²) in [6, 6.07) is 0. The van der Waals surface area contributed by atoms with Crippen molar-refractivity contribution >= 4 is 0 Å². The van der Waals surface area contributed by atoms with Crippen LogP contribution in [-0.2, 0) is 0 Å². The Labute approximate surface area is 88.1 Å². The molecular weight excluding hydrogens is 172 g/mol. The highest BCUT2D eigenvalue weighted by Crippen LogP contribution is 2.24. The number of hydrogen-bond donors (Lipinski definition) is 1. The Hall–Kier alpha value is -0.0800. The summed E-state index contributed by atoms with van der Waals surface area (Å²) < 4.78 is 0. The first-order valence-electron chi connectivity index (χ1n) is 6.19. The van der Waals surface area contributed by atoms with E-state index in [1.54, 1.807) is 0 Å². The number of nitrogens with zero attached hydrogens (tertiary/aromatic N) is 1. The molecule has 0 spiro atoms. The van der Waals surface area contributed by atoms with Crippen molar-refractivity contribution in [2.24, 2.45) is 17.8 Å². The summed E-state index contributed by atoms with van der Waals surface area (Å²) in [5.41, 5.74) is 0. The monoisotopic (exact) mass is 196 g/mol. The maximum Gasteiger partial charge on any atom is 0.00224 e. The second-order valence-corrected chi connectivity index (χ2v) is 5.41. The summed E-state index contributed by atoms with van der Waals surface area (Å²) in [6.07, 6.45) is 2.82. The molecule has 0 saturated carbocycles. The first-order chi connectivity index (χ1) is 6.75. The number of rotatable bonds is 3. The molecule has 2 nitrogen and oxygen atoms in total. The van der Waals surface area contributed by atoms with Crippen LogP contribution in [0.5, 0.6) is 0 Å². The third kappa shape index (κ3) is 2.48. The molecule has 2 saturated heterocycles. The lowest BCUT2D eigenvalue weighted by Gasteiger charge is -2.20. The van der Waals surface area contributed by atoms with Gasteiger partial charge in [0.1, 0.15) is 0 Å². The lowest BCUT2D eigenvalue weighted by Crippen LogP contribution is -2.29. The van der Waals surface area contributed by atoms with E-state index >= 15 is 0 Å². The number of hydrogen-bond acceptors (Lipinski definition) is 2. The fraction of sp³-hybridized carbons (Fsp3) is 1.00. The van der Waals surface area contributed by atoms with Gasteiger partial charge in [0.05, 0.1) is 0 Å². The standard InChI is InChI=1S/C12H24N2/c1-10(2)12-4-6-14(9-12)8-11-3-5-13-7-11/h10-13H,3-9H2,1-2H3/t11-,12?/m0/s1. The zero-order valence-electron chi connectivity index (χ0n) is 9.63. The van der Waals surface area contributed by atoms with Crippen molar-refractivity contribution < 1.29 is 0 Å². The maximum absolute atomic E-state index is 3.45. The van der Waals surface area contributed by atoms with E-state index in [0.29, 0.717) is 0 Å². The topological polar surface area (TPSA) is 15.3 Å². The Morgan fingerprint density at radius 3 is 2.79 bits per heavy atom. The van der Waals surface area contributed by atoms with Crippen LogP contribution in [-0.4, -0.2) is 37.6 Å². The van der Waals surface area contributed by atoms with E-state index in [1.165, 1.54) is 45.6 Å². The van der Waals surface area contributed by atoms with E-state index in [1.807, 2.05) is 0 Å². The van der Waals surface area contributed by atoms with Crippen molar-refractivity contribution in [1.82, 2.24) is 10.2 Å². The smallest absolute Gasteiger partial charge is 0.00224 e. The molecule has 14 heavy (non-hydrogen) atoms. The summed E-state index contributed by atoms with van der Waals surface area (Å²) in [7, 11) is 0. The van der Waals surface area contributed by atoms with Crippen LogP contribution >= 0.6 is 0 Å². The van der Waals surface area contributed by atoms with Gasteiger partial charge in [-0.25, -0.2) is 0 Å². The number of nitrogens with one attached hydrogen (secondary N) is 1. The largest absolute Gasteiger partial charge is 0.316 e. The first-order valence-corrected chi connectivity index (χ1v) is 6.19. The van der Waals surface area contributed by atoms with Gasteiger partial charge < -0.3 is 10.2 Å².